The fourth-order valence-corrected chi connectivity index (χ4v) is 9.03. The summed E-state index contributed by atoms with van der Waals surface area (Å²) in [4.78, 5) is 48.0. The molecule has 0 aromatic rings. The number of hydrogen-bond donors (Lipinski definition) is 7. The highest BCUT2D eigenvalue weighted by Crippen LogP contribution is 2.43. The van der Waals surface area contributed by atoms with E-state index in [9.17, 15) is 44.3 Å². The molecule has 1 fully saturated rings. The molecule has 2 unspecified atom stereocenters. The Bertz CT molecular complexity index is 1130. The lowest BCUT2D eigenvalue weighted by molar-refractivity contribution is -0.148. The molecule has 1 rings (SSSR count). The van der Waals surface area contributed by atoms with Crippen LogP contribution in [-0.4, -0.2) is 110 Å². The number of aliphatic hydroxyl groups is 3. The molecule has 342 valence electrons. The zero-order valence-electron chi connectivity index (χ0n) is 36.8. The van der Waals surface area contributed by atoms with Crippen LogP contribution in [0.4, 0.5) is 0 Å². The molecule has 6 atom stereocenters. The smallest absolute Gasteiger partial charge is 0.331 e. The van der Waals surface area contributed by atoms with Gasteiger partial charge in [-0.25, -0.2) is 4.79 Å². The topological polar surface area (TPSA) is 206 Å². The average molecular weight is 848 g/mol. The second-order valence-corrected chi connectivity index (χ2v) is 19.2. The van der Waals surface area contributed by atoms with Gasteiger partial charge in [0.1, 0.15) is 0 Å². The summed E-state index contributed by atoms with van der Waals surface area (Å²) in [5, 5.41) is 45.4. The summed E-state index contributed by atoms with van der Waals surface area (Å²) in [7, 11) is -4.42. The quantitative estimate of drug-likeness (QED) is 0.0233. The second-order valence-electron chi connectivity index (χ2n) is 17.2. The number of carbonyl (C=O) groups excluding carboxylic acids is 2. The number of aliphatic carboxylic acids is 1. The SMILES string of the molecule is CCCCCCCCCCCCCCCCCCCCCCCCCCCCCC(=O)NC(C)(COP(=O)(O)CCN1[C@H](CO)[C@@H](O)[C@H](O)[C@H]1CNC(C)=O)C(=O)O. The van der Waals surface area contributed by atoms with Crippen molar-refractivity contribution < 1.29 is 48.8 Å². The van der Waals surface area contributed by atoms with Gasteiger partial charge in [0.25, 0.3) is 0 Å². The molecular weight excluding hydrogens is 761 g/mol. The molecule has 13 nitrogen and oxygen atoms in total. The maximum absolute atomic E-state index is 12.9. The first-order chi connectivity index (χ1) is 27.8. The summed E-state index contributed by atoms with van der Waals surface area (Å²) in [6.45, 7) is 3.20. The Hall–Kier alpha value is -1.60. The maximum Gasteiger partial charge on any atom is 0.331 e. The molecule has 1 aliphatic rings. The number of rotatable bonds is 39. The summed E-state index contributed by atoms with van der Waals surface area (Å²) in [5.41, 5.74) is -1.94. The standard InChI is InChI=1S/C44H86N3O10P/c1-4-5-6-7-8-9-10-11-12-13-14-15-16-17-18-19-20-21-22-23-24-25-26-27-28-29-30-31-40(50)46-44(3,43(53)54)36-57-58(55,56)33-32-47-38(34-45-37(2)49)41(51)42(52)39(47)35-48/h38-39,41-42,48,51-52H,4-36H2,1-3H3,(H,45,49)(H,46,50)(H,53,54)(H,55,56)/t38-,39-,41-,42-,44?/m1/s1. The molecule has 0 aromatic carbocycles. The van der Waals surface area contributed by atoms with Crippen molar-refractivity contribution in [3.63, 3.8) is 0 Å². The van der Waals surface area contributed by atoms with Crippen LogP contribution in [-0.2, 0) is 23.5 Å². The van der Waals surface area contributed by atoms with Gasteiger partial charge in [0.15, 0.2) is 5.54 Å². The Morgan fingerprint density at radius 1 is 0.672 bits per heavy atom. The van der Waals surface area contributed by atoms with Gasteiger partial charge in [-0.05, 0) is 13.3 Å². The van der Waals surface area contributed by atoms with Crippen molar-refractivity contribution in [1.29, 1.82) is 0 Å². The molecule has 58 heavy (non-hydrogen) atoms. The largest absolute Gasteiger partial charge is 0.479 e. The Kier molecular flexibility index (Phi) is 31.0. The number of nitrogens with one attached hydrogen (secondary N) is 2. The van der Waals surface area contributed by atoms with Crippen molar-refractivity contribution in [1.82, 2.24) is 15.5 Å². The van der Waals surface area contributed by atoms with Gasteiger partial charge in [-0.2, -0.15) is 0 Å². The number of carbonyl (C=O) groups is 3. The van der Waals surface area contributed by atoms with E-state index in [0.717, 1.165) is 19.3 Å². The van der Waals surface area contributed by atoms with Crippen molar-refractivity contribution in [3.8, 4) is 0 Å². The molecule has 1 saturated heterocycles. The average Bonchev–Trinajstić information content (AvgIpc) is 3.41. The molecule has 0 radical (unpaired) electrons. The van der Waals surface area contributed by atoms with Crippen LogP contribution in [0.1, 0.15) is 201 Å². The van der Waals surface area contributed by atoms with Gasteiger partial charge in [0.2, 0.25) is 11.8 Å². The van der Waals surface area contributed by atoms with Crippen LogP contribution in [0.25, 0.3) is 0 Å². The summed E-state index contributed by atoms with van der Waals surface area (Å²) < 4.78 is 18.1. The van der Waals surface area contributed by atoms with Crippen LogP contribution >= 0.6 is 7.60 Å². The van der Waals surface area contributed by atoms with E-state index in [1.54, 1.807) is 0 Å². The van der Waals surface area contributed by atoms with Crippen LogP contribution in [0.15, 0.2) is 0 Å². The monoisotopic (exact) mass is 848 g/mol. The van der Waals surface area contributed by atoms with Crippen LogP contribution < -0.4 is 10.6 Å². The first-order valence-electron chi connectivity index (χ1n) is 23.3. The molecule has 0 spiro atoms. The molecule has 2 amide bonds. The third-order valence-electron chi connectivity index (χ3n) is 11.8. The number of carboxylic acid groups (broad SMARTS) is 1. The van der Waals surface area contributed by atoms with E-state index in [-0.39, 0.29) is 25.4 Å². The van der Waals surface area contributed by atoms with Gasteiger partial charge >= 0.3 is 13.6 Å². The minimum atomic E-state index is -4.42. The van der Waals surface area contributed by atoms with Gasteiger partial charge < -0.3 is 40.5 Å². The number of hydrogen-bond acceptors (Lipinski definition) is 9. The van der Waals surface area contributed by atoms with Gasteiger partial charge in [-0.3, -0.25) is 19.1 Å². The third kappa shape index (κ3) is 25.2. The number of carboxylic acids is 1. The van der Waals surface area contributed by atoms with Crippen LogP contribution in [0.5, 0.6) is 0 Å². The first kappa shape index (κ1) is 54.4. The van der Waals surface area contributed by atoms with Gasteiger partial charge in [0.05, 0.1) is 43.7 Å². The molecule has 0 bridgehead atoms. The highest BCUT2D eigenvalue weighted by molar-refractivity contribution is 7.52. The Morgan fingerprint density at radius 3 is 1.41 bits per heavy atom. The minimum absolute atomic E-state index is 0.0660. The molecule has 0 aliphatic carbocycles. The van der Waals surface area contributed by atoms with Crippen molar-refractivity contribution in [2.75, 3.05) is 32.5 Å². The highest BCUT2D eigenvalue weighted by Gasteiger charge is 2.47. The van der Waals surface area contributed by atoms with Gasteiger partial charge in [-0.15, -0.1) is 0 Å². The van der Waals surface area contributed by atoms with Crippen LogP contribution in [0.2, 0.25) is 0 Å². The lowest BCUT2D eigenvalue weighted by Gasteiger charge is -2.31. The van der Waals surface area contributed by atoms with E-state index in [1.165, 1.54) is 166 Å². The van der Waals surface area contributed by atoms with Crippen molar-refractivity contribution >= 4 is 25.4 Å². The molecule has 1 heterocycles. The molecule has 14 heteroatoms. The maximum atomic E-state index is 12.9. The summed E-state index contributed by atoms with van der Waals surface area (Å²) in [6.07, 6.45) is 32.1. The second kappa shape index (κ2) is 33.1. The highest BCUT2D eigenvalue weighted by atomic mass is 31.2. The first-order valence-corrected chi connectivity index (χ1v) is 25.0. The Balaban J connectivity index is 2.09. The zero-order chi connectivity index (χ0) is 43.1. The third-order valence-corrected chi connectivity index (χ3v) is 13.1. The fraction of sp³-hybridized carbons (Fsp3) is 0.932. The minimum Gasteiger partial charge on any atom is -0.479 e. The van der Waals surface area contributed by atoms with E-state index < -0.39 is 68.7 Å². The molecular formula is C44H86N3O10P. The lowest BCUT2D eigenvalue weighted by atomic mass is 10.0. The zero-order valence-corrected chi connectivity index (χ0v) is 37.7. The lowest BCUT2D eigenvalue weighted by Crippen LogP contribution is -2.55. The number of amides is 2. The van der Waals surface area contributed by atoms with E-state index in [2.05, 4.69) is 17.6 Å². The van der Waals surface area contributed by atoms with E-state index >= 15 is 0 Å². The molecule has 0 saturated carbocycles. The number of unbranched alkanes of at least 4 members (excludes halogenated alkanes) is 26. The Labute approximate surface area is 351 Å². The van der Waals surface area contributed by atoms with Gasteiger partial charge in [-0.1, -0.05) is 174 Å². The number of likely N-dealkylation sites (tertiary alicyclic amines) is 1. The Morgan fingerprint density at radius 2 is 1.05 bits per heavy atom. The van der Waals surface area contributed by atoms with E-state index in [1.807, 2.05) is 0 Å². The van der Waals surface area contributed by atoms with E-state index in [4.69, 9.17) is 4.52 Å². The molecule has 1 aliphatic heterocycles. The molecule has 7 N–H and O–H groups in total. The summed E-state index contributed by atoms with van der Waals surface area (Å²) in [6, 6.07) is -1.78. The summed E-state index contributed by atoms with van der Waals surface area (Å²) >= 11 is 0. The number of aliphatic hydroxyl groups excluding tert-OH is 3. The number of nitrogens with zero attached hydrogens (tertiary/aromatic N) is 1. The van der Waals surface area contributed by atoms with Crippen molar-refractivity contribution in [3.05, 3.63) is 0 Å². The van der Waals surface area contributed by atoms with E-state index in [0.29, 0.717) is 6.42 Å². The summed E-state index contributed by atoms with van der Waals surface area (Å²) in [5.74, 6) is -2.27. The molecule has 0 aromatic heterocycles. The predicted molar refractivity (Wildman–Crippen MR) is 232 cm³/mol. The van der Waals surface area contributed by atoms with Gasteiger partial charge in [0, 0.05) is 26.4 Å². The van der Waals surface area contributed by atoms with Crippen LogP contribution in [0.3, 0.4) is 0 Å². The van der Waals surface area contributed by atoms with Crippen molar-refractivity contribution in [2.45, 2.75) is 230 Å². The predicted octanol–water partition coefficient (Wildman–Crippen LogP) is 7.99. The van der Waals surface area contributed by atoms with Crippen molar-refractivity contribution in [2.24, 2.45) is 0 Å². The fourth-order valence-electron chi connectivity index (χ4n) is 7.96. The van der Waals surface area contributed by atoms with Crippen LogP contribution in [0, 0.1) is 0 Å². The normalized spacial score (nSPS) is 20.5.